The van der Waals surface area contributed by atoms with E-state index in [0.717, 1.165) is 11.8 Å². The lowest BCUT2D eigenvalue weighted by molar-refractivity contribution is 0.0692. The van der Waals surface area contributed by atoms with Crippen molar-refractivity contribution in [1.29, 1.82) is 0 Å². The first kappa shape index (κ1) is 12.8. The molecule has 1 aromatic rings. The highest BCUT2D eigenvalue weighted by Gasteiger charge is 2.15. The number of aromatic carboxylic acids is 1. The topological polar surface area (TPSA) is 62.2 Å². The zero-order chi connectivity index (χ0) is 12.1. The maximum Gasteiger partial charge on any atom is 0.338 e. The predicted molar refractivity (Wildman–Crippen MR) is 62.6 cm³/mol. The van der Waals surface area contributed by atoms with Crippen LogP contribution >= 0.6 is 11.8 Å². The lowest BCUT2D eigenvalue weighted by Gasteiger charge is -2.14. The summed E-state index contributed by atoms with van der Waals surface area (Å²) in [5, 5.41) is 11.6. The smallest absolute Gasteiger partial charge is 0.338 e. The van der Waals surface area contributed by atoms with Crippen LogP contribution in [0.15, 0.2) is 12.3 Å². The quantitative estimate of drug-likeness (QED) is 0.830. The van der Waals surface area contributed by atoms with Crippen molar-refractivity contribution in [3.63, 3.8) is 0 Å². The first-order chi connectivity index (χ1) is 7.56. The average Bonchev–Trinajstić information content (AvgIpc) is 2.21. The number of carbonyl (C=O) groups is 1. The fourth-order valence-corrected chi connectivity index (χ4v) is 1.82. The number of carboxylic acids is 1. The molecule has 6 heteroatoms. The number of thioether (sulfide) groups is 1. The van der Waals surface area contributed by atoms with Gasteiger partial charge in [0.15, 0.2) is 11.6 Å². The number of pyridine rings is 1. The molecular formula is C10H13FN2O2S. The van der Waals surface area contributed by atoms with Crippen molar-refractivity contribution in [1.82, 2.24) is 4.98 Å². The molecule has 1 atom stereocenters. The Labute approximate surface area is 97.3 Å². The average molecular weight is 244 g/mol. The Morgan fingerprint density at radius 1 is 1.75 bits per heavy atom. The van der Waals surface area contributed by atoms with E-state index in [1.54, 1.807) is 11.8 Å². The van der Waals surface area contributed by atoms with Gasteiger partial charge in [-0.15, -0.1) is 0 Å². The number of halogens is 1. The maximum absolute atomic E-state index is 13.6. The van der Waals surface area contributed by atoms with Gasteiger partial charge in [0, 0.05) is 18.0 Å². The second kappa shape index (κ2) is 5.69. The molecule has 0 aliphatic rings. The summed E-state index contributed by atoms with van der Waals surface area (Å²) >= 11 is 1.62. The van der Waals surface area contributed by atoms with E-state index in [1.807, 2.05) is 13.2 Å². The van der Waals surface area contributed by atoms with Crippen LogP contribution in [0.5, 0.6) is 0 Å². The summed E-state index contributed by atoms with van der Waals surface area (Å²) in [6.45, 7) is 1.88. The van der Waals surface area contributed by atoms with Crippen molar-refractivity contribution in [2.45, 2.75) is 13.0 Å². The lowest BCUT2D eigenvalue weighted by atomic mass is 10.2. The Balaban J connectivity index is 2.89. The van der Waals surface area contributed by atoms with Gasteiger partial charge < -0.3 is 10.4 Å². The molecule has 0 aliphatic heterocycles. The third-order valence-electron chi connectivity index (χ3n) is 1.92. The standard InChI is InChI=1S/C10H13FN2O2S/c1-6(5-16-2)13-9-8(11)7(10(14)15)3-4-12-9/h3-4,6H,5H2,1-2H3,(H,12,13)(H,14,15). The largest absolute Gasteiger partial charge is 0.478 e. The van der Waals surface area contributed by atoms with Crippen LogP contribution < -0.4 is 5.32 Å². The number of anilines is 1. The maximum atomic E-state index is 13.6. The molecule has 1 heterocycles. The molecular weight excluding hydrogens is 231 g/mol. The third-order valence-corrected chi connectivity index (χ3v) is 2.75. The van der Waals surface area contributed by atoms with E-state index in [4.69, 9.17) is 5.11 Å². The van der Waals surface area contributed by atoms with Crippen molar-refractivity contribution >= 4 is 23.5 Å². The van der Waals surface area contributed by atoms with Gasteiger partial charge in [-0.25, -0.2) is 14.2 Å². The molecule has 4 nitrogen and oxygen atoms in total. The number of rotatable bonds is 5. The summed E-state index contributed by atoms with van der Waals surface area (Å²) in [5.74, 6) is -1.33. The molecule has 1 aromatic heterocycles. The fraction of sp³-hybridized carbons (Fsp3) is 0.400. The molecule has 0 aliphatic carbocycles. The Morgan fingerprint density at radius 2 is 2.44 bits per heavy atom. The zero-order valence-corrected chi connectivity index (χ0v) is 9.84. The number of carboxylic acid groups (broad SMARTS) is 1. The number of nitrogens with one attached hydrogen (secondary N) is 1. The normalized spacial score (nSPS) is 12.2. The summed E-state index contributed by atoms with van der Waals surface area (Å²) in [4.78, 5) is 14.5. The highest BCUT2D eigenvalue weighted by molar-refractivity contribution is 7.98. The molecule has 0 spiro atoms. The minimum Gasteiger partial charge on any atom is -0.478 e. The molecule has 0 saturated heterocycles. The molecule has 0 fully saturated rings. The van der Waals surface area contributed by atoms with Crippen LogP contribution in [0.1, 0.15) is 17.3 Å². The Hall–Kier alpha value is -1.30. The zero-order valence-electron chi connectivity index (χ0n) is 9.03. The summed E-state index contributed by atoms with van der Waals surface area (Å²) in [5.41, 5.74) is -0.367. The van der Waals surface area contributed by atoms with Gasteiger partial charge in [0.25, 0.3) is 0 Å². The molecule has 0 radical (unpaired) electrons. The second-order valence-electron chi connectivity index (χ2n) is 3.33. The van der Waals surface area contributed by atoms with Gasteiger partial charge in [0.05, 0.1) is 0 Å². The minimum absolute atomic E-state index is 0.0125. The fourth-order valence-electron chi connectivity index (χ4n) is 1.23. The third kappa shape index (κ3) is 3.10. The van der Waals surface area contributed by atoms with Crippen LogP contribution in [0, 0.1) is 5.82 Å². The minimum atomic E-state index is -1.29. The van der Waals surface area contributed by atoms with E-state index in [2.05, 4.69) is 10.3 Å². The van der Waals surface area contributed by atoms with E-state index in [-0.39, 0.29) is 17.4 Å². The Morgan fingerprint density at radius 3 is 3.00 bits per heavy atom. The van der Waals surface area contributed by atoms with Gasteiger partial charge in [-0.3, -0.25) is 0 Å². The van der Waals surface area contributed by atoms with E-state index < -0.39 is 11.8 Å². The number of hydrogen-bond acceptors (Lipinski definition) is 4. The number of aromatic nitrogens is 1. The predicted octanol–water partition coefficient (Wildman–Crippen LogP) is 2.08. The van der Waals surface area contributed by atoms with Crippen molar-refractivity contribution < 1.29 is 14.3 Å². The monoisotopic (exact) mass is 244 g/mol. The molecule has 0 bridgehead atoms. The van der Waals surface area contributed by atoms with E-state index in [9.17, 15) is 9.18 Å². The van der Waals surface area contributed by atoms with Gasteiger partial charge in [0.1, 0.15) is 5.56 Å². The summed E-state index contributed by atoms with van der Waals surface area (Å²) in [6.07, 6.45) is 3.22. The van der Waals surface area contributed by atoms with Crippen LogP contribution in [0.2, 0.25) is 0 Å². The molecule has 0 amide bonds. The molecule has 0 aromatic carbocycles. The summed E-state index contributed by atoms with van der Waals surface area (Å²) < 4.78 is 13.6. The molecule has 88 valence electrons. The van der Waals surface area contributed by atoms with Gasteiger partial charge in [-0.1, -0.05) is 0 Å². The SMILES string of the molecule is CSCC(C)Nc1nccc(C(=O)O)c1F. The summed E-state index contributed by atoms with van der Waals surface area (Å²) in [7, 11) is 0. The Kier molecular flexibility index (Phi) is 4.54. The second-order valence-corrected chi connectivity index (χ2v) is 4.24. The van der Waals surface area contributed by atoms with Crippen molar-refractivity contribution in [2.75, 3.05) is 17.3 Å². The van der Waals surface area contributed by atoms with Crippen LogP contribution in [-0.2, 0) is 0 Å². The molecule has 2 N–H and O–H groups in total. The van der Waals surface area contributed by atoms with E-state index in [1.165, 1.54) is 6.20 Å². The molecule has 0 saturated carbocycles. The number of hydrogen-bond donors (Lipinski definition) is 2. The lowest BCUT2D eigenvalue weighted by Crippen LogP contribution is -2.20. The highest BCUT2D eigenvalue weighted by atomic mass is 32.2. The first-order valence-corrected chi connectivity index (χ1v) is 6.09. The van der Waals surface area contributed by atoms with E-state index in [0.29, 0.717) is 0 Å². The van der Waals surface area contributed by atoms with Gasteiger partial charge in [0.2, 0.25) is 0 Å². The van der Waals surface area contributed by atoms with Crippen molar-refractivity contribution in [3.05, 3.63) is 23.6 Å². The van der Waals surface area contributed by atoms with Crippen LogP contribution in [0.3, 0.4) is 0 Å². The number of nitrogens with zero attached hydrogens (tertiary/aromatic N) is 1. The van der Waals surface area contributed by atoms with E-state index >= 15 is 0 Å². The van der Waals surface area contributed by atoms with Crippen molar-refractivity contribution in [3.8, 4) is 0 Å². The summed E-state index contributed by atoms with van der Waals surface area (Å²) in [6, 6.07) is 1.17. The van der Waals surface area contributed by atoms with Crippen LogP contribution in [0.25, 0.3) is 0 Å². The van der Waals surface area contributed by atoms with Gasteiger partial charge >= 0.3 is 5.97 Å². The van der Waals surface area contributed by atoms with Gasteiger partial charge in [-0.2, -0.15) is 11.8 Å². The van der Waals surface area contributed by atoms with Crippen LogP contribution in [0.4, 0.5) is 10.2 Å². The molecule has 1 unspecified atom stereocenters. The van der Waals surface area contributed by atoms with Crippen LogP contribution in [-0.4, -0.2) is 34.1 Å². The van der Waals surface area contributed by atoms with Crippen molar-refractivity contribution in [2.24, 2.45) is 0 Å². The molecule has 16 heavy (non-hydrogen) atoms. The van der Waals surface area contributed by atoms with Gasteiger partial charge in [-0.05, 0) is 19.2 Å². The first-order valence-electron chi connectivity index (χ1n) is 4.69. The Bertz CT molecular complexity index is 387. The highest BCUT2D eigenvalue weighted by Crippen LogP contribution is 2.16. The molecule has 1 rings (SSSR count).